The van der Waals surface area contributed by atoms with Crippen molar-refractivity contribution < 1.29 is 5.11 Å². The minimum Gasteiger partial charge on any atom is -0.395 e. The van der Waals surface area contributed by atoms with Crippen molar-refractivity contribution in [2.75, 3.05) is 13.2 Å². The molecule has 1 aromatic rings. The number of nitrogens with zero attached hydrogens (tertiary/aromatic N) is 2. The predicted octanol–water partition coefficient (Wildman–Crippen LogP) is 0.598. The van der Waals surface area contributed by atoms with Crippen LogP contribution in [0, 0.1) is 18.3 Å². The molecule has 0 amide bonds. The number of aromatic nitrogens is 1. The van der Waals surface area contributed by atoms with E-state index in [2.05, 4.69) is 16.4 Å². The summed E-state index contributed by atoms with van der Waals surface area (Å²) in [6.07, 6.45) is 0. The lowest BCUT2D eigenvalue weighted by atomic mass is 10.3. The summed E-state index contributed by atoms with van der Waals surface area (Å²) >= 11 is 1.45. The second-order valence-corrected chi connectivity index (χ2v) is 3.46. The van der Waals surface area contributed by atoms with Gasteiger partial charge in [0.15, 0.2) is 0 Å². The summed E-state index contributed by atoms with van der Waals surface area (Å²) in [7, 11) is 0. The molecule has 0 aromatic carbocycles. The third-order valence-corrected chi connectivity index (χ3v) is 2.50. The second-order valence-electron chi connectivity index (χ2n) is 2.57. The number of hydrogen-bond acceptors (Lipinski definition) is 5. The van der Waals surface area contributed by atoms with Gasteiger partial charge in [-0.1, -0.05) is 0 Å². The van der Waals surface area contributed by atoms with E-state index in [1.165, 1.54) is 11.3 Å². The van der Waals surface area contributed by atoms with E-state index in [-0.39, 0.29) is 6.61 Å². The molecule has 4 nitrogen and oxygen atoms in total. The summed E-state index contributed by atoms with van der Waals surface area (Å²) in [6.45, 7) is 2.33. The monoisotopic (exact) mass is 197 g/mol. The molecule has 1 heterocycles. The van der Waals surface area contributed by atoms with Crippen molar-refractivity contribution >= 4 is 11.3 Å². The SMILES string of the molecule is Cc1csc(C(C#N)NCCO)n1. The number of nitrogens with one attached hydrogen (secondary N) is 1. The van der Waals surface area contributed by atoms with Crippen molar-refractivity contribution in [1.82, 2.24) is 10.3 Å². The highest BCUT2D eigenvalue weighted by atomic mass is 32.1. The smallest absolute Gasteiger partial charge is 0.148 e. The van der Waals surface area contributed by atoms with Crippen LogP contribution >= 0.6 is 11.3 Å². The van der Waals surface area contributed by atoms with Crippen LogP contribution in [0.5, 0.6) is 0 Å². The molecule has 0 fully saturated rings. The Morgan fingerprint density at radius 1 is 1.85 bits per heavy atom. The minimum atomic E-state index is -0.397. The molecule has 5 heteroatoms. The van der Waals surface area contributed by atoms with Crippen LogP contribution < -0.4 is 5.32 Å². The fourth-order valence-corrected chi connectivity index (χ4v) is 1.71. The van der Waals surface area contributed by atoms with E-state index in [4.69, 9.17) is 10.4 Å². The summed E-state index contributed by atoms with van der Waals surface area (Å²) in [6, 6.07) is 1.69. The van der Waals surface area contributed by atoms with Crippen LogP contribution in [-0.2, 0) is 0 Å². The lowest BCUT2D eigenvalue weighted by Gasteiger charge is -2.05. The van der Waals surface area contributed by atoms with Crippen LogP contribution in [0.3, 0.4) is 0 Å². The highest BCUT2D eigenvalue weighted by Gasteiger charge is 2.12. The van der Waals surface area contributed by atoms with Crippen LogP contribution in [0.25, 0.3) is 0 Å². The molecule has 0 radical (unpaired) electrons. The van der Waals surface area contributed by atoms with Gasteiger partial charge in [-0.2, -0.15) is 5.26 Å². The topological polar surface area (TPSA) is 68.9 Å². The van der Waals surface area contributed by atoms with Gasteiger partial charge in [-0.25, -0.2) is 4.98 Å². The van der Waals surface area contributed by atoms with Gasteiger partial charge in [0, 0.05) is 17.6 Å². The second kappa shape index (κ2) is 4.92. The van der Waals surface area contributed by atoms with Gasteiger partial charge < -0.3 is 5.11 Å². The molecule has 1 atom stereocenters. The Hall–Kier alpha value is -0.960. The molecule has 70 valence electrons. The Labute approximate surface area is 80.9 Å². The number of hydrogen-bond donors (Lipinski definition) is 2. The lowest BCUT2D eigenvalue weighted by molar-refractivity contribution is 0.289. The molecule has 0 saturated heterocycles. The molecule has 0 spiro atoms. The molecule has 0 aliphatic rings. The molecule has 0 bridgehead atoms. The van der Waals surface area contributed by atoms with Gasteiger partial charge in [0.2, 0.25) is 0 Å². The van der Waals surface area contributed by atoms with Crippen molar-refractivity contribution in [2.45, 2.75) is 13.0 Å². The van der Waals surface area contributed by atoms with Gasteiger partial charge in [-0.15, -0.1) is 11.3 Å². The average Bonchev–Trinajstić information content (AvgIpc) is 2.54. The zero-order valence-corrected chi connectivity index (χ0v) is 8.14. The van der Waals surface area contributed by atoms with Gasteiger partial charge in [-0.3, -0.25) is 5.32 Å². The summed E-state index contributed by atoms with van der Waals surface area (Å²) in [4.78, 5) is 4.19. The van der Waals surface area contributed by atoms with Crippen LogP contribution in [0.1, 0.15) is 16.7 Å². The largest absolute Gasteiger partial charge is 0.395 e. The first kappa shape index (κ1) is 10.1. The number of rotatable bonds is 4. The van der Waals surface area contributed by atoms with E-state index in [1.807, 2.05) is 12.3 Å². The zero-order chi connectivity index (χ0) is 9.68. The van der Waals surface area contributed by atoms with Crippen molar-refractivity contribution in [3.8, 4) is 6.07 Å². The van der Waals surface area contributed by atoms with Gasteiger partial charge in [0.1, 0.15) is 11.0 Å². The van der Waals surface area contributed by atoms with Crippen LogP contribution in [0.2, 0.25) is 0 Å². The van der Waals surface area contributed by atoms with Gasteiger partial charge in [0.25, 0.3) is 0 Å². The molecular weight excluding hydrogens is 186 g/mol. The normalized spacial score (nSPS) is 12.4. The van der Waals surface area contributed by atoms with Crippen molar-refractivity contribution in [3.05, 3.63) is 16.1 Å². The first-order valence-corrected chi connectivity index (χ1v) is 4.81. The first-order chi connectivity index (χ1) is 6.27. The maximum Gasteiger partial charge on any atom is 0.148 e. The number of aliphatic hydroxyl groups excluding tert-OH is 1. The molecule has 0 saturated carbocycles. The van der Waals surface area contributed by atoms with Gasteiger partial charge in [-0.05, 0) is 6.92 Å². The van der Waals surface area contributed by atoms with Crippen molar-refractivity contribution in [3.63, 3.8) is 0 Å². The maximum absolute atomic E-state index is 8.79. The number of aliphatic hydroxyl groups is 1. The van der Waals surface area contributed by atoms with Crippen molar-refractivity contribution in [1.29, 1.82) is 5.26 Å². The molecule has 1 aromatic heterocycles. The average molecular weight is 197 g/mol. The molecule has 2 N–H and O–H groups in total. The lowest BCUT2D eigenvalue weighted by Crippen LogP contribution is -2.23. The Bertz CT molecular complexity index is 305. The Morgan fingerprint density at radius 2 is 2.62 bits per heavy atom. The van der Waals surface area contributed by atoms with E-state index in [1.54, 1.807) is 0 Å². The highest BCUT2D eigenvalue weighted by Crippen LogP contribution is 2.16. The van der Waals surface area contributed by atoms with Crippen LogP contribution in [0.15, 0.2) is 5.38 Å². The van der Waals surface area contributed by atoms with E-state index in [9.17, 15) is 0 Å². The molecule has 1 unspecified atom stereocenters. The zero-order valence-electron chi connectivity index (χ0n) is 7.32. The highest BCUT2D eigenvalue weighted by molar-refractivity contribution is 7.09. The molecule has 0 aliphatic carbocycles. The van der Waals surface area contributed by atoms with E-state index in [0.29, 0.717) is 6.54 Å². The van der Waals surface area contributed by atoms with Gasteiger partial charge in [0.05, 0.1) is 12.7 Å². The molecule has 1 rings (SSSR count). The van der Waals surface area contributed by atoms with E-state index >= 15 is 0 Å². The Balaban J connectivity index is 2.63. The third-order valence-electron chi connectivity index (χ3n) is 1.47. The summed E-state index contributed by atoms with van der Waals surface area (Å²) < 4.78 is 0. The predicted molar refractivity (Wildman–Crippen MR) is 50.3 cm³/mol. The number of nitriles is 1. The van der Waals surface area contributed by atoms with Crippen LogP contribution in [0.4, 0.5) is 0 Å². The fourth-order valence-electron chi connectivity index (χ4n) is 0.902. The van der Waals surface area contributed by atoms with Gasteiger partial charge >= 0.3 is 0 Å². The Morgan fingerprint density at radius 3 is 3.08 bits per heavy atom. The molecule has 13 heavy (non-hydrogen) atoms. The van der Waals surface area contributed by atoms with Crippen LogP contribution in [-0.4, -0.2) is 23.2 Å². The first-order valence-electron chi connectivity index (χ1n) is 3.94. The number of thiazole rings is 1. The summed E-state index contributed by atoms with van der Waals surface area (Å²) in [5, 5.41) is 22.9. The quantitative estimate of drug-likeness (QED) is 0.741. The van der Waals surface area contributed by atoms with E-state index < -0.39 is 6.04 Å². The summed E-state index contributed by atoms with van der Waals surface area (Å²) in [5.41, 5.74) is 0.922. The maximum atomic E-state index is 8.79. The Kier molecular flexibility index (Phi) is 3.83. The van der Waals surface area contributed by atoms with Crippen molar-refractivity contribution in [2.24, 2.45) is 0 Å². The minimum absolute atomic E-state index is 0.0303. The molecular formula is C8H11N3OS. The fraction of sp³-hybridized carbons (Fsp3) is 0.500. The molecule has 0 aliphatic heterocycles. The standard InChI is InChI=1S/C8H11N3OS/c1-6-5-13-8(11-6)7(4-9)10-2-3-12/h5,7,10,12H,2-3H2,1H3. The third kappa shape index (κ3) is 2.77. The number of aryl methyl sites for hydroxylation is 1. The summed E-state index contributed by atoms with van der Waals surface area (Å²) in [5.74, 6) is 0. The van der Waals surface area contributed by atoms with E-state index in [0.717, 1.165) is 10.7 Å².